The van der Waals surface area contributed by atoms with Crippen LogP contribution in [0.25, 0.3) is 21.9 Å². The number of alkyl carbamates (subject to hydrolysis) is 1. The van der Waals surface area contributed by atoms with Gasteiger partial charge in [0.15, 0.2) is 0 Å². The summed E-state index contributed by atoms with van der Waals surface area (Å²) in [5.74, 6) is 0.432. The highest BCUT2D eigenvalue weighted by molar-refractivity contribution is 6.00. The maximum atomic E-state index is 12.0. The zero-order valence-corrected chi connectivity index (χ0v) is 19.4. The number of fused-ring (bicyclic) bond motifs is 1. The standard InChI is InChI=1S/C23H27N5O4.ClH/c1-3-25-22(29)28-21-13-19-18(16-7-9-24-10-8-16)6-5-17(20(19)15-26-21)14-27-23(30)32-12-4-11-31-2;/h5-10,13,15H,3-4,11-12,14H2,1-2H3,(H,27,30)(H2,25,26,28,29);1H. The van der Waals surface area contributed by atoms with Crippen LogP contribution < -0.4 is 16.0 Å². The average molecular weight is 474 g/mol. The van der Waals surface area contributed by atoms with Gasteiger partial charge in [-0.05, 0) is 47.2 Å². The van der Waals surface area contributed by atoms with Crippen LogP contribution in [-0.2, 0) is 16.0 Å². The highest BCUT2D eigenvalue weighted by Crippen LogP contribution is 2.31. The van der Waals surface area contributed by atoms with E-state index in [1.165, 1.54) is 0 Å². The summed E-state index contributed by atoms with van der Waals surface area (Å²) < 4.78 is 10.1. The number of carbonyl (C=O) groups is 2. The van der Waals surface area contributed by atoms with Gasteiger partial charge in [0.25, 0.3) is 0 Å². The van der Waals surface area contributed by atoms with Gasteiger partial charge in [-0.3, -0.25) is 10.3 Å². The fourth-order valence-corrected chi connectivity index (χ4v) is 3.21. The Morgan fingerprint density at radius 3 is 2.55 bits per heavy atom. The number of benzene rings is 1. The van der Waals surface area contributed by atoms with E-state index in [0.717, 1.165) is 27.5 Å². The van der Waals surface area contributed by atoms with E-state index in [0.29, 0.717) is 25.4 Å². The van der Waals surface area contributed by atoms with Crippen molar-refractivity contribution in [1.29, 1.82) is 0 Å². The molecule has 10 heteroatoms. The van der Waals surface area contributed by atoms with E-state index in [-0.39, 0.29) is 31.6 Å². The Bertz CT molecular complexity index is 1070. The van der Waals surface area contributed by atoms with Crippen molar-refractivity contribution in [3.63, 3.8) is 0 Å². The topological polar surface area (TPSA) is 114 Å². The molecule has 1 aromatic carbocycles. The van der Waals surface area contributed by atoms with Crippen molar-refractivity contribution in [2.24, 2.45) is 0 Å². The minimum Gasteiger partial charge on any atom is -0.449 e. The number of anilines is 1. The lowest BCUT2D eigenvalue weighted by Gasteiger charge is -2.14. The number of rotatable bonds is 9. The number of urea groups is 1. The van der Waals surface area contributed by atoms with E-state index >= 15 is 0 Å². The SMILES string of the molecule is CCNC(=O)Nc1cc2c(-c3ccncc3)ccc(CNC(=O)OCCCOC)c2cn1.Cl. The predicted octanol–water partition coefficient (Wildman–Crippen LogP) is 4.12. The van der Waals surface area contributed by atoms with Gasteiger partial charge >= 0.3 is 12.1 Å². The third kappa shape index (κ3) is 7.30. The van der Waals surface area contributed by atoms with Gasteiger partial charge in [0.05, 0.1) is 6.61 Å². The molecule has 33 heavy (non-hydrogen) atoms. The second-order valence-corrected chi connectivity index (χ2v) is 6.94. The molecule has 0 aliphatic rings. The summed E-state index contributed by atoms with van der Waals surface area (Å²) in [6, 6.07) is 9.27. The number of amides is 3. The number of carbonyl (C=O) groups excluding carboxylic acids is 2. The molecular weight excluding hydrogens is 446 g/mol. The van der Waals surface area contributed by atoms with Crippen LogP contribution >= 0.6 is 12.4 Å². The zero-order valence-electron chi connectivity index (χ0n) is 18.6. The number of hydrogen-bond acceptors (Lipinski definition) is 6. The van der Waals surface area contributed by atoms with Crippen LogP contribution in [0.15, 0.2) is 48.9 Å². The Morgan fingerprint density at radius 2 is 1.82 bits per heavy atom. The van der Waals surface area contributed by atoms with Crippen LogP contribution in [0.1, 0.15) is 18.9 Å². The van der Waals surface area contributed by atoms with Crippen molar-refractivity contribution in [1.82, 2.24) is 20.6 Å². The Hall–Kier alpha value is -3.43. The fourth-order valence-electron chi connectivity index (χ4n) is 3.21. The molecule has 2 aromatic heterocycles. The van der Waals surface area contributed by atoms with E-state index in [4.69, 9.17) is 9.47 Å². The summed E-state index contributed by atoms with van der Waals surface area (Å²) in [7, 11) is 1.60. The van der Waals surface area contributed by atoms with Crippen molar-refractivity contribution >= 4 is 41.1 Å². The molecular formula is C23H28ClN5O4. The summed E-state index contributed by atoms with van der Waals surface area (Å²) in [5.41, 5.74) is 2.83. The van der Waals surface area contributed by atoms with Crippen LogP contribution in [0.5, 0.6) is 0 Å². The first-order valence-corrected chi connectivity index (χ1v) is 10.4. The van der Waals surface area contributed by atoms with Crippen LogP contribution in [0, 0.1) is 0 Å². The number of aromatic nitrogens is 2. The van der Waals surface area contributed by atoms with Crippen LogP contribution in [0.3, 0.4) is 0 Å². The Labute approximate surface area is 198 Å². The van der Waals surface area contributed by atoms with Gasteiger partial charge in [0.2, 0.25) is 0 Å². The lowest BCUT2D eigenvalue weighted by molar-refractivity contribution is 0.124. The first-order chi connectivity index (χ1) is 15.6. The predicted molar refractivity (Wildman–Crippen MR) is 130 cm³/mol. The number of methoxy groups -OCH3 is 1. The lowest BCUT2D eigenvalue weighted by atomic mass is 9.96. The van der Waals surface area contributed by atoms with Crippen LogP contribution in [-0.4, -0.2) is 49.0 Å². The van der Waals surface area contributed by atoms with Crippen molar-refractivity contribution in [2.75, 3.05) is 32.2 Å². The maximum absolute atomic E-state index is 12.0. The second-order valence-electron chi connectivity index (χ2n) is 6.94. The third-order valence-corrected chi connectivity index (χ3v) is 4.71. The van der Waals surface area contributed by atoms with E-state index < -0.39 is 6.09 Å². The Morgan fingerprint density at radius 1 is 1.03 bits per heavy atom. The monoisotopic (exact) mass is 473 g/mol. The van der Waals surface area contributed by atoms with Gasteiger partial charge in [0.1, 0.15) is 5.82 Å². The van der Waals surface area contributed by atoms with Crippen molar-refractivity contribution in [3.8, 4) is 11.1 Å². The molecule has 176 valence electrons. The van der Waals surface area contributed by atoms with Gasteiger partial charge in [-0.15, -0.1) is 12.4 Å². The van der Waals surface area contributed by atoms with Crippen molar-refractivity contribution < 1.29 is 19.1 Å². The second kappa shape index (κ2) is 13.2. The lowest BCUT2D eigenvalue weighted by Crippen LogP contribution is -2.28. The molecule has 2 heterocycles. The van der Waals surface area contributed by atoms with Gasteiger partial charge in [-0.2, -0.15) is 0 Å². The number of ether oxygens (including phenoxy) is 2. The molecule has 0 aliphatic heterocycles. The van der Waals surface area contributed by atoms with Crippen molar-refractivity contribution in [2.45, 2.75) is 19.9 Å². The Kier molecular flexibility index (Phi) is 10.3. The summed E-state index contributed by atoms with van der Waals surface area (Å²) in [4.78, 5) is 32.4. The molecule has 0 radical (unpaired) electrons. The zero-order chi connectivity index (χ0) is 22.8. The molecule has 0 aliphatic carbocycles. The minimum absolute atomic E-state index is 0. The van der Waals surface area contributed by atoms with Gasteiger partial charge in [0, 0.05) is 57.2 Å². The molecule has 3 rings (SSSR count). The molecule has 0 spiro atoms. The molecule has 3 N–H and O–H groups in total. The molecule has 0 unspecified atom stereocenters. The largest absolute Gasteiger partial charge is 0.449 e. The van der Waals surface area contributed by atoms with E-state index in [1.807, 2.05) is 37.3 Å². The molecule has 0 saturated heterocycles. The van der Waals surface area contributed by atoms with E-state index in [1.54, 1.807) is 25.7 Å². The van der Waals surface area contributed by atoms with Crippen LogP contribution in [0.2, 0.25) is 0 Å². The highest BCUT2D eigenvalue weighted by Gasteiger charge is 2.12. The average Bonchev–Trinajstić information content (AvgIpc) is 2.81. The maximum Gasteiger partial charge on any atom is 0.407 e. The first-order valence-electron chi connectivity index (χ1n) is 10.4. The molecule has 3 amide bonds. The van der Waals surface area contributed by atoms with E-state index in [9.17, 15) is 9.59 Å². The molecule has 9 nitrogen and oxygen atoms in total. The summed E-state index contributed by atoms with van der Waals surface area (Å²) in [5, 5.41) is 9.96. The van der Waals surface area contributed by atoms with Crippen LogP contribution in [0.4, 0.5) is 15.4 Å². The Balaban J connectivity index is 0.00000385. The van der Waals surface area contributed by atoms with Gasteiger partial charge < -0.3 is 20.1 Å². The summed E-state index contributed by atoms with van der Waals surface area (Å²) in [6.07, 6.45) is 5.30. The number of hydrogen-bond donors (Lipinski definition) is 3. The quantitative estimate of drug-likeness (QED) is 0.403. The minimum atomic E-state index is -0.491. The van der Waals surface area contributed by atoms with Gasteiger partial charge in [-0.1, -0.05) is 12.1 Å². The number of nitrogens with zero attached hydrogens (tertiary/aromatic N) is 2. The summed E-state index contributed by atoms with van der Waals surface area (Å²) in [6.45, 7) is 3.46. The number of pyridine rings is 2. The third-order valence-electron chi connectivity index (χ3n) is 4.71. The molecule has 0 atom stereocenters. The molecule has 0 saturated carbocycles. The van der Waals surface area contributed by atoms with E-state index in [2.05, 4.69) is 25.9 Å². The van der Waals surface area contributed by atoms with Gasteiger partial charge in [-0.25, -0.2) is 14.6 Å². The number of nitrogens with one attached hydrogen (secondary N) is 3. The molecule has 0 fully saturated rings. The fraction of sp³-hybridized carbons (Fsp3) is 0.304. The normalized spacial score (nSPS) is 10.2. The number of halogens is 1. The highest BCUT2D eigenvalue weighted by atomic mass is 35.5. The first kappa shape index (κ1) is 25.8. The molecule has 3 aromatic rings. The molecule has 0 bridgehead atoms. The summed E-state index contributed by atoms with van der Waals surface area (Å²) >= 11 is 0. The van der Waals surface area contributed by atoms with Crippen molar-refractivity contribution in [3.05, 3.63) is 54.5 Å². The smallest absolute Gasteiger partial charge is 0.407 e.